The molecule has 1 aromatic carbocycles. The first-order valence-corrected chi connectivity index (χ1v) is 13.4. The van der Waals surface area contributed by atoms with Gasteiger partial charge < -0.3 is 20.7 Å². The number of pyridine rings is 1. The molecular formula is C29H32N8O3. The number of amides is 2. The molecule has 3 atom stereocenters. The van der Waals surface area contributed by atoms with Crippen LogP contribution in [-0.2, 0) is 4.74 Å². The van der Waals surface area contributed by atoms with Crippen LogP contribution < -0.4 is 11.1 Å². The third-order valence-electron chi connectivity index (χ3n) is 7.49. The lowest BCUT2D eigenvalue weighted by Crippen LogP contribution is -2.45. The van der Waals surface area contributed by atoms with Gasteiger partial charge in [0.05, 0.1) is 17.5 Å². The first-order valence-electron chi connectivity index (χ1n) is 13.4. The molecule has 4 heterocycles. The molecule has 0 radical (unpaired) electrons. The summed E-state index contributed by atoms with van der Waals surface area (Å²) in [4.78, 5) is 40.6. The lowest BCUT2D eigenvalue weighted by molar-refractivity contribution is 0.0135. The molecule has 2 aliphatic rings. The van der Waals surface area contributed by atoms with Crippen LogP contribution in [0.2, 0.25) is 0 Å². The molecule has 1 aliphatic heterocycles. The lowest BCUT2D eigenvalue weighted by atomic mass is 10.1. The second-order valence-corrected chi connectivity index (χ2v) is 11.6. The van der Waals surface area contributed by atoms with E-state index in [1.165, 1.54) is 6.33 Å². The van der Waals surface area contributed by atoms with Crippen molar-refractivity contribution in [2.45, 2.75) is 58.2 Å². The van der Waals surface area contributed by atoms with Crippen molar-refractivity contribution in [1.82, 2.24) is 29.6 Å². The molecule has 6 rings (SSSR count). The van der Waals surface area contributed by atoms with Gasteiger partial charge in [-0.25, -0.2) is 24.4 Å². The van der Waals surface area contributed by atoms with Crippen molar-refractivity contribution in [3.63, 3.8) is 0 Å². The largest absolute Gasteiger partial charge is 0.444 e. The molecule has 1 saturated carbocycles. The molecule has 3 unspecified atom stereocenters. The normalized spacial score (nSPS) is 20.2. The molecule has 206 valence electrons. The van der Waals surface area contributed by atoms with Crippen LogP contribution in [-0.4, -0.2) is 59.8 Å². The Morgan fingerprint density at radius 3 is 2.50 bits per heavy atom. The molecule has 3 aromatic heterocycles. The second-order valence-electron chi connectivity index (χ2n) is 11.6. The number of nitrogens with zero attached hydrogens (tertiary/aromatic N) is 6. The maximum Gasteiger partial charge on any atom is 0.410 e. The zero-order valence-electron chi connectivity index (χ0n) is 23.0. The number of likely N-dealkylation sites (tertiary alicyclic amines) is 1. The van der Waals surface area contributed by atoms with E-state index in [1.807, 2.05) is 61.5 Å². The number of ether oxygens (including phenoxy) is 1. The van der Waals surface area contributed by atoms with Gasteiger partial charge in [0.15, 0.2) is 5.65 Å². The minimum Gasteiger partial charge on any atom is -0.444 e. The molecule has 11 heteroatoms. The van der Waals surface area contributed by atoms with Crippen LogP contribution in [0.15, 0.2) is 48.9 Å². The standard InChI is InChI=1S/C29H32N8O3/c1-16-9-10-31-22(11-16)34-27(38)19-7-5-18(6-8-19)24-23-25(30)32-15-33-26(23)37(35-24)21-13-17-12-20(21)36(14-17)28(39)40-29(2,3)4/h5-11,15,17,20-21H,12-14H2,1-4H3,(H2,30,32,33)(H,31,34,38). The van der Waals surface area contributed by atoms with Crippen LogP contribution >= 0.6 is 0 Å². The van der Waals surface area contributed by atoms with Crippen LogP contribution in [0.3, 0.4) is 0 Å². The topological polar surface area (TPSA) is 141 Å². The lowest BCUT2D eigenvalue weighted by Gasteiger charge is -2.34. The summed E-state index contributed by atoms with van der Waals surface area (Å²) in [5.41, 5.74) is 9.30. The zero-order chi connectivity index (χ0) is 28.2. The van der Waals surface area contributed by atoms with E-state index in [-0.39, 0.29) is 24.1 Å². The monoisotopic (exact) mass is 540 g/mol. The van der Waals surface area contributed by atoms with Crippen molar-refractivity contribution in [2.24, 2.45) is 5.92 Å². The Balaban J connectivity index is 1.31. The summed E-state index contributed by atoms with van der Waals surface area (Å²) in [6.07, 6.45) is 4.57. The Hall–Kier alpha value is -4.54. The summed E-state index contributed by atoms with van der Waals surface area (Å²) in [5.74, 6) is 0.929. The highest BCUT2D eigenvalue weighted by Crippen LogP contribution is 2.46. The third-order valence-corrected chi connectivity index (χ3v) is 7.49. The molecule has 2 bridgehead atoms. The van der Waals surface area contributed by atoms with Gasteiger partial charge in [-0.2, -0.15) is 5.10 Å². The van der Waals surface area contributed by atoms with E-state index in [0.717, 1.165) is 24.0 Å². The number of aromatic nitrogens is 5. The molecule has 40 heavy (non-hydrogen) atoms. The van der Waals surface area contributed by atoms with Gasteiger partial charge in [0.1, 0.15) is 29.3 Å². The molecular weight excluding hydrogens is 508 g/mol. The minimum absolute atomic E-state index is 0.0479. The van der Waals surface area contributed by atoms with Gasteiger partial charge in [-0.05, 0) is 76.3 Å². The summed E-state index contributed by atoms with van der Waals surface area (Å²) >= 11 is 0. The van der Waals surface area contributed by atoms with Crippen molar-refractivity contribution in [2.75, 3.05) is 17.6 Å². The average molecular weight is 541 g/mol. The molecule has 1 aliphatic carbocycles. The van der Waals surface area contributed by atoms with Crippen LogP contribution in [0.25, 0.3) is 22.3 Å². The van der Waals surface area contributed by atoms with Crippen LogP contribution in [0.1, 0.15) is 55.6 Å². The van der Waals surface area contributed by atoms with Gasteiger partial charge in [-0.3, -0.25) is 4.79 Å². The smallest absolute Gasteiger partial charge is 0.410 e. The quantitative estimate of drug-likeness (QED) is 0.383. The fraction of sp³-hybridized carbons (Fsp3) is 0.379. The number of aryl methyl sites for hydroxylation is 1. The molecule has 4 aromatic rings. The maximum atomic E-state index is 13.0. The number of piperidine rings is 1. The molecule has 0 spiro atoms. The number of rotatable bonds is 4. The summed E-state index contributed by atoms with van der Waals surface area (Å²) in [5, 5.41) is 8.46. The van der Waals surface area contributed by atoms with E-state index in [9.17, 15) is 9.59 Å². The van der Waals surface area contributed by atoms with Gasteiger partial charge in [0.2, 0.25) is 0 Å². The summed E-state index contributed by atoms with van der Waals surface area (Å²) in [6.45, 7) is 8.24. The fourth-order valence-electron chi connectivity index (χ4n) is 5.79. The number of hydrogen-bond acceptors (Lipinski definition) is 8. The number of hydrogen-bond donors (Lipinski definition) is 2. The molecule has 3 N–H and O–H groups in total. The minimum atomic E-state index is -0.568. The van der Waals surface area contributed by atoms with E-state index in [0.29, 0.717) is 46.4 Å². The van der Waals surface area contributed by atoms with Gasteiger partial charge in [0.25, 0.3) is 5.91 Å². The Kier molecular flexibility index (Phi) is 6.16. The highest BCUT2D eigenvalue weighted by Gasteiger charge is 2.49. The first-order chi connectivity index (χ1) is 19.1. The van der Waals surface area contributed by atoms with Gasteiger partial charge in [-0.15, -0.1) is 0 Å². The molecule has 11 nitrogen and oxygen atoms in total. The van der Waals surface area contributed by atoms with Crippen LogP contribution in [0, 0.1) is 12.8 Å². The SMILES string of the molecule is Cc1ccnc(NC(=O)c2ccc(-c3nn(C4CC5CC4N(C(=O)OC(C)(C)C)C5)c4ncnc(N)c34)cc2)c1. The number of carbonyl (C=O) groups is 2. The van der Waals surface area contributed by atoms with Crippen molar-refractivity contribution < 1.29 is 14.3 Å². The number of anilines is 2. The number of nitrogens with one attached hydrogen (secondary N) is 1. The molecule has 2 amide bonds. The Morgan fingerprint density at radius 1 is 1.05 bits per heavy atom. The van der Waals surface area contributed by atoms with Gasteiger partial charge in [-0.1, -0.05) is 12.1 Å². The Bertz CT molecular complexity index is 1610. The second kappa shape index (κ2) is 9.58. The maximum absolute atomic E-state index is 13.0. The highest BCUT2D eigenvalue weighted by molar-refractivity contribution is 6.04. The van der Waals surface area contributed by atoms with Gasteiger partial charge in [0, 0.05) is 23.9 Å². The Morgan fingerprint density at radius 2 is 1.80 bits per heavy atom. The summed E-state index contributed by atoms with van der Waals surface area (Å²) in [7, 11) is 0. The van der Waals surface area contributed by atoms with E-state index >= 15 is 0 Å². The number of nitrogens with two attached hydrogens (primary N) is 1. The predicted molar refractivity (Wildman–Crippen MR) is 151 cm³/mol. The van der Waals surface area contributed by atoms with Crippen LogP contribution in [0.4, 0.5) is 16.4 Å². The van der Waals surface area contributed by atoms with E-state index in [2.05, 4.69) is 20.3 Å². The molecule has 1 saturated heterocycles. The number of nitrogen functional groups attached to an aromatic ring is 1. The molecule has 2 fully saturated rings. The Labute approximate surface area is 231 Å². The zero-order valence-corrected chi connectivity index (χ0v) is 23.0. The highest BCUT2D eigenvalue weighted by atomic mass is 16.6. The van der Waals surface area contributed by atoms with Gasteiger partial charge >= 0.3 is 6.09 Å². The van der Waals surface area contributed by atoms with E-state index in [1.54, 1.807) is 18.3 Å². The van der Waals surface area contributed by atoms with Crippen molar-refractivity contribution >= 4 is 34.7 Å². The average Bonchev–Trinajstić information content (AvgIpc) is 3.61. The number of fused-ring (bicyclic) bond motifs is 3. The van der Waals surface area contributed by atoms with Crippen molar-refractivity contribution in [3.8, 4) is 11.3 Å². The van der Waals surface area contributed by atoms with E-state index in [4.69, 9.17) is 15.6 Å². The summed E-state index contributed by atoms with van der Waals surface area (Å²) in [6, 6.07) is 10.7. The van der Waals surface area contributed by atoms with Crippen LogP contribution in [0.5, 0.6) is 0 Å². The summed E-state index contributed by atoms with van der Waals surface area (Å²) < 4.78 is 7.59. The van der Waals surface area contributed by atoms with Crippen molar-refractivity contribution in [1.29, 1.82) is 0 Å². The van der Waals surface area contributed by atoms with Crippen molar-refractivity contribution in [3.05, 3.63) is 60.0 Å². The predicted octanol–water partition coefficient (Wildman–Crippen LogP) is 4.60. The first kappa shape index (κ1) is 25.7. The number of carbonyl (C=O) groups excluding carboxylic acids is 2. The van der Waals surface area contributed by atoms with E-state index < -0.39 is 5.60 Å². The third kappa shape index (κ3) is 4.72. The number of benzene rings is 1. The fourth-order valence-corrected chi connectivity index (χ4v) is 5.79.